The summed E-state index contributed by atoms with van der Waals surface area (Å²) < 4.78 is 10.5. The first-order valence-corrected chi connectivity index (χ1v) is 3.73. The first-order chi connectivity index (χ1) is 5.15. The van der Waals surface area contributed by atoms with Gasteiger partial charge in [0.15, 0.2) is 6.23 Å². The van der Waals surface area contributed by atoms with Gasteiger partial charge in [-0.2, -0.15) is 0 Å². The minimum absolute atomic E-state index is 0.0602. The third kappa shape index (κ3) is 1.73. The van der Waals surface area contributed by atoms with Gasteiger partial charge in [0, 0.05) is 6.54 Å². The lowest BCUT2D eigenvalue weighted by Crippen LogP contribution is -2.27. The number of likely N-dealkylation sites (N-methyl/N-ethyl adjacent to an activating group) is 1. The third-order valence-electron chi connectivity index (χ3n) is 1.84. The Kier molecular flexibility index (Phi) is 2.52. The monoisotopic (exact) mass is 157 g/mol. The van der Waals surface area contributed by atoms with E-state index in [1.807, 2.05) is 14.0 Å². The number of methoxy groups -OCH3 is 1. The first-order valence-electron chi connectivity index (χ1n) is 3.73. The molecular formula is C8H15NO2. The lowest BCUT2D eigenvalue weighted by Gasteiger charge is -2.18. The molecule has 0 saturated carbocycles. The van der Waals surface area contributed by atoms with E-state index in [0.717, 1.165) is 6.54 Å². The van der Waals surface area contributed by atoms with Gasteiger partial charge in [-0.25, -0.2) is 0 Å². The van der Waals surface area contributed by atoms with Crippen molar-refractivity contribution < 1.29 is 9.47 Å². The highest BCUT2D eigenvalue weighted by Crippen LogP contribution is 2.19. The largest absolute Gasteiger partial charge is 0.497 e. The summed E-state index contributed by atoms with van der Waals surface area (Å²) >= 11 is 0. The van der Waals surface area contributed by atoms with Gasteiger partial charge in [-0.1, -0.05) is 6.58 Å². The molecule has 0 aromatic heterocycles. The predicted molar refractivity (Wildman–Crippen MR) is 43.1 cm³/mol. The Morgan fingerprint density at radius 1 is 1.73 bits per heavy atom. The molecule has 3 heteroatoms. The lowest BCUT2D eigenvalue weighted by molar-refractivity contribution is 0.00569. The van der Waals surface area contributed by atoms with Gasteiger partial charge in [-0.3, -0.25) is 4.90 Å². The first kappa shape index (κ1) is 8.56. The molecule has 11 heavy (non-hydrogen) atoms. The van der Waals surface area contributed by atoms with Crippen LogP contribution in [0.4, 0.5) is 0 Å². The van der Waals surface area contributed by atoms with Crippen molar-refractivity contribution in [2.24, 2.45) is 0 Å². The van der Waals surface area contributed by atoms with E-state index >= 15 is 0 Å². The number of rotatable bonds is 2. The van der Waals surface area contributed by atoms with Crippen molar-refractivity contribution in [1.29, 1.82) is 0 Å². The van der Waals surface area contributed by atoms with Gasteiger partial charge in [-0.05, 0) is 14.0 Å². The Labute approximate surface area is 67.6 Å². The molecule has 1 saturated heterocycles. The van der Waals surface area contributed by atoms with Crippen LogP contribution in [0.3, 0.4) is 0 Å². The van der Waals surface area contributed by atoms with Crippen LogP contribution in [0.15, 0.2) is 12.3 Å². The van der Waals surface area contributed by atoms with E-state index in [4.69, 9.17) is 9.47 Å². The van der Waals surface area contributed by atoms with E-state index in [0.29, 0.717) is 5.76 Å². The van der Waals surface area contributed by atoms with Crippen molar-refractivity contribution >= 4 is 0 Å². The summed E-state index contributed by atoms with van der Waals surface area (Å²) in [6, 6.07) is 0. The second-order valence-electron chi connectivity index (χ2n) is 2.91. The summed E-state index contributed by atoms with van der Waals surface area (Å²) in [5.74, 6) is 0.678. The van der Waals surface area contributed by atoms with Crippen molar-refractivity contribution in [3.63, 3.8) is 0 Å². The molecule has 1 fully saturated rings. The van der Waals surface area contributed by atoms with Gasteiger partial charge in [-0.15, -0.1) is 0 Å². The fraction of sp³-hybridized carbons (Fsp3) is 0.750. The zero-order valence-electron chi connectivity index (χ0n) is 7.33. The maximum absolute atomic E-state index is 5.53. The molecule has 0 aromatic rings. The van der Waals surface area contributed by atoms with Crippen molar-refractivity contribution in [2.75, 3.05) is 20.7 Å². The average molecular weight is 157 g/mol. The van der Waals surface area contributed by atoms with Crippen LogP contribution < -0.4 is 0 Å². The minimum atomic E-state index is -0.0602. The van der Waals surface area contributed by atoms with E-state index in [-0.39, 0.29) is 12.3 Å². The number of hydrogen-bond acceptors (Lipinski definition) is 3. The normalized spacial score (nSPS) is 32.3. The van der Waals surface area contributed by atoms with E-state index in [1.54, 1.807) is 7.11 Å². The Morgan fingerprint density at radius 3 is 2.73 bits per heavy atom. The highest BCUT2D eigenvalue weighted by atomic mass is 16.6. The van der Waals surface area contributed by atoms with Crippen molar-refractivity contribution in [3.05, 3.63) is 12.3 Å². The van der Waals surface area contributed by atoms with Gasteiger partial charge in [0.25, 0.3) is 0 Å². The topological polar surface area (TPSA) is 21.7 Å². The Hall–Kier alpha value is -0.540. The fourth-order valence-electron chi connectivity index (χ4n) is 1.29. The molecule has 1 aliphatic heterocycles. The van der Waals surface area contributed by atoms with Gasteiger partial charge in [0.2, 0.25) is 0 Å². The zero-order valence-corrected chi connectivity index (χ0v) is 7.33. The average Bonchev–Trinajstić information content (AvgIpc) is 2.28. The zero-order chi connectivity index (χ0) is 8.43. The van der Waals surface area contributed by atoms with E-state index < -0.39 is 0 Å². The Balaban J connectivity index is 2.52. The third-order valence-corrected chi connectivity index (χ3v) is 1.84. The van der Waals surface area contributed by atoms with Gasteiger partial charge < -0.3 is 9.47 Å². The van der Waals surface area contributed by atoms with Crippen LogP contribution in [0, 0.1) is 0 Å². The van der Waals surface area contributed by atoms with E-state index in [2.05, 4.69) is 11.5 Å². The molecule has 1 heterocycles. The van der Waals surface area contributed by atoms with Gasteiger partial charge in [0.1, 0.15) is 5.76 Å². The van der Waals surface area contributed by atoms with Crippen LogP contribution in [0.2, 0.25) is 0 Å². The molecule has 0 radical (unpaired) electrons. The van der Waals surface area contributed by atoms with Crippen LogP contribution in [0.1, 0.15) is 6.92 Å². The summed E-state index contributed by atoms with van der Waals surface area (Å²) in [5, 5.41) is 0. The summed E-state index contributed by atoms with van der Waals surface area (Å²) in [5.41, 5.74) is 0. The molecule has 64 valence electrons. The molecule has 0 unspecified atom stereocenters. The van der Waals surface area contributed by atoms with Crippen LogP contribution in [-0.4, -0.2) is 37.9 Å². The number of nitrogens with zero attached hydrogens (tertiary/aromatic N) is 1. The molecule has 0 amide bonds. The molecular weight excluding hydrogens is 142 g/mol. The number of ether oxygens (including phenoxy) is 2. The van der Waals surface area contributed by atoms with Crippen LogP contribution in [0.25, 0.3) is 0 Å². The summed E-state index contributed by atoms with van der Waals surface area (Å²) in [7, 11) is 3.61. The lowest BCUT2D eigenvalue weighted by atomic mass is 10.4. The van der Waals surface area contributed by atoms with Crippen molar-refractivity contribution in [3.8, 4) is 0 Å². The molecule has 2 atom stereocenters. The molecule has 1 rings (SSSR count). The number of hydrogen-bond donors (Lipinski definition) is 0. The molecule has 1 aliphatic rings. The highest BCUT2D eigenvalue weighted by molar-refractivity contribution is 4.95. The maximum Gasteiger partial charge on any atom is 0.168 e. The second-order valence-corrected chi connectivity index (χ2v) is 2.91. The summed E-state index contributed by atoms with van der Waals surface area (Å²) in [6.07, 6.45) is 0.215. The maximum atomic E-state index is 5.53. The highest BCUT2D eigenvalue weighted by Gasteiger charge is 2.29. The second kappa shape index (κ2) is 3.24. The Morgan fingerprint density at radius 2 is 2.36 bits per heavy atom. The molecule has 0 N–H and O–H groups in total. The summed E-state index contributed by atoms with van der Waals surface area (Å²) in [4.78, 5) is 2.08. The van der Waals surface area contributed by atoms with Gasteiger partial charge >= 0.3 is 0 Å². The predicted octanol–water partition coefficient (Wildman–Crippen LogP) is 0.823. The van der Waals surface area contributed by atoms with Crippen LogP contribution >= 0.6 is 0 Å². The smallest absolute Gasteiger partial charge is 0.168 e. The molecule has 3 nitrogen and oxygen atoms in total. The molecule has 0 spiro atoms. The quantitative estimate of drug-likeness (QED) is 0.554. The minimum Gasteiger partial charge on any atom is -0.497 e. The molecule has 0 aliphatic carbocycles. The fourth-order valence-corrected chi connectivity index (χ4v) is 1.29. The van der Waals surface area contributed by atoms with Gasteiger partial charge in [0.05, 0.1) is 13.2 Å². The van der Waals surface area contributed by atoms with E-state index in [9.17, 15) is 0 Å². The van der Waals surface area contributed by atoms with Crippen molar-refractivity contribution in [1.82, 2.24) is 4.90 Å². The molecule has 0 aromatic carbocycles. The van der Waals surface area contributed by atoms with Crippen LogP contribution in [-0.2, 0) is 9.47 Å². The summed E-state index contributed by atoms with van der Waals surface area (Å²) in [6.45, 7) is 6.73. The van der Waals surface area contributed by atoms with Crippen molar-refractivity contribution in [2.45, 2.75) is 19.3 Å². The standard InChI is InChI=1S/C8H15NO2/c1-6-5-9(3)8(11-6)7(2)10-4/h6,8H,2,5H2,1,3-4H3/t6-,8+/m0/s1. The van der Waals surface area contributed by atoms with Crippen LogP contribution in [0.5, 0.6) is 0 Å². The SMILES string of the molecule is C=C(OC)[C@H]1O[C@@H](C)CN1C. The molecule has 0 bridgehead atoms. The van der Waals surface area contributed by atoms with E-state index in [1.165, 1.54) is 0 Å². The Bertz CT molecular complexity index is 158.